The standard InChI is InChI=1S/C34H35N3O6S/c1-25-11-9-10-14-27(25)23-36(30(34(39)35-2)21-26-12-5-3-6-13-26)33(38)24-37(44(40,41)29-15-7-4-8-16-29)28-17-18-31-32(22-28)43-20-19-42-31/h3-18,22,30H,19-21,23-24H2,1-2H3,(H,35,39)/t30-/m1/s1. The molecule has 0 fully saturated rings. The molecule has 10 heteroatoms. The Morgan fingerprint density at radius 1 is 0.841 bits per heavy atom. The van der Waals surface area contributed by atoms with Crippen molar-refractivity contribution in [3.05, 3.63) is 120 Å². The summed E-state index contributed by atoms with van der Waals surface area (Å²) in [6, 6.07) is 28.9. The first kappa shape index (κ1) is 30.6. The van der Waals surface area contributed by atoms with Crippen LogP contribution in [-0.4, -0.2) is 58.0 Å². The normalized spacial score (nSPS) is 13.0. The molecule has 0 aliphatic carbocycles. The van der Waals surface area contributed by atoms with Crippen LogP contribution in [0.15, 0.2) is 108 Å². The Kier molecular flexibility index (Phi) is 9.50. The molecule has 1 aliphatic rings. The van der Waals surface area contributed by atoms with Gasteiger partial charge in [-0.3, -0.25) is 13.9 Å². The van der Waals surface area contributed by atoms with E-state index in [0.717, 1.165) is 21.0 Å². The molecule has 4 aromatic rings. The number of ether oxygens (including phenoxy) is 2. The second-order valence-corrected chi connectivity index (χ2v) is 12.3. The number of anilines is 1. The lowest BCUT2D eigenvalue weighted by Gasteiger charge is -2.34. The molecule has 0 aromatic heterocycles. The van der Waals surface area contributed by atoms with Crippen LogP contribution in [-0.2, 0) is 32.6 Å². The maximum atomic E-state index is 14.4. The minimum atomic E-state index is -4.21. The fraction of sp³-hybridized carbons (Fsp3) is 0.235. The van der Waals surface area contributed by atoms with Crippen LogP contribution in [0.2, 0.25) is 0 Å². The molecule has 0 bridgehead atoms. The van der Waals surface area contributed by atoms with Crippen LogP contribution < -0.4 is 19.1 Å². The molecule has 0 unspecified atom stereocenters. The van der Waals surface area contributed by atoms with Crippen LogP contribution in [0.3, 0.4) is 0 Å². The fourth-order valence-electron chi connectivity index (χ4n) is 5.13. The van der Waals surface area contributed by atoms with Crippen molar-refractivity contribution in [2.75, 3.05) is 31.1 Å². The third kappa shape index (κ3) is 6.86. The summed E-state index contributed by atoms with van der Waals surface area (Å²) >= 11 is 0. The summed E-state index contributed by atoms with van der Waals surface area (Å²) in [7, 11) is -2.69. The molecule has 9 nitrogen and oxygen atoms in total. The number of hydrogen-bond acceptors (Lipinski definition) is 6. The number of nitrogens with zero attached hydrogens (tertiary/aromatic N) is 2. The van der Waals surface area contributed by atoms with Crippen molar-refractivity contribution in [2.45, 2.75) is 30.8 Å². The third-order valence-corrected chi connectivity index (χ3v) is 9.33. The highest BCUT2D eigenvalue weighted by molar-refractivity contribution is 7.92. The zero-order chi connectivity index (χ0) is 31.1. The van der Waals surface area contributed by atoms with Gasteiger partial charge in [0.15, 0.2) is 11.5 Å². The number of fused-ring (bicyclic) bond motifs is 1. The van der Waals surface area contributed by atoms with Gasteiger partial charge in [-0.25, -0.2) is 8.42 Å². The molecule has 0 saturated heterocycles. The van der Waals surface area contributed by atoms with Crippen molar-refractivity contribution in [1.29, 1.82) is 0 Å². The highest BCUT2D eigenvalue weighted by atomic mass is 32.2. The van der Waals surface area contributed by atoms with E-state index in [1.54, 1.807) is 36.4 Å². The maximum absolute atomic E-state index is 14.4. The Morgan fingerprint density at radius 2 is 1.48 bits per heavy atom. The van der Waals surface area contributed by atoms with E-state index in [0.29, 0.717) is 24.7 Å². The van der Waals surface area contributed by atoms with Gasteiger partial charge in [-0.05, 0) is 47.9 Å². The summed E-state index contributed by atoms with van der Waals surface area (Å²) in [5.41, 5.74) is 2.90. The number of rotatable bonds is 11. The van der Waals surface area contributed by atoms with Gasteiger partial charge in [-0.2, -0.15) is 0 Å². The quantitative estimate of drug-likeness (QED) is 0.270. The zero-order valence-corrected chi connectivity index (χ0v) is 25.5. The molecule has 0 saturated carbocycles. The van der Waals surface area contributed by atoms with E-state index >= 15 is 0 Å². The molecule has 1 heterocycles. The molecule has 2 amide bonds. The first-order valence-corrected chi connectivity index (χ1v) is 15.8. The van der Waals surface area contributed by atoms with E-state index in [-0.39, 0.29) is 29.5 Å². The van der Waals surface area contributed by atoms with Gasteiger partial charge in [0.1, 0.15) is 25.8 Å². The maximum Gasteiger partial charge on any atom is 0.264 e. The van der Waals surface area contributed by atoms with E-state index in [1.807, 2.05) is 61.5 Å². The lowest BCUT2D eigenvalue weighted by molar-refractivity contribution is -0.139. The number of carbonyl (C=O) groups excluding carboxylic acids is 2. The minimum absolute atomic E-state index is 0.0280. The number of sulfonamides is 1. The molecule has 228 valence electrons. The molecular formula is C34H35N3O6S. The summed E-state index contributed by atoms with van der Waals surface area (Å²) in [6.07, 6.45) is 0.244. The van der Waals surface area contributed by atoms with Gasteiger partial charge >= 0.3 is 0 Å². The zero-order valence-electron chi connectivity index (χ0n) is 24.7. The monoisotopic (exact) mass is 613 g/mol. The summed E-state index contributed by atoms with van der Waals surface area (Å²) in [5, 5.41) is 2.70. The summed E-state index contributed by atoms with van der Waals surface area (Å²) in [5.74, 6) is -0.00888. The number of nitrogens with one attached hydrogen (secondary N) is 1. The van der Waals surface area contributed by atoms with Crippen LogP contribution in [0.25, 0.3) is 0 Å². The minimum Gasteiger partial charge on any atom is -0.486 e. The Hall–Kier alpha value is -4.83. The SMILES string of the molecule is CNC(=O)[C@@H](Cc1ccccc1)N(Cc1ccccc1C)C(=O)CN(c1ccc2c(c1)OCCO2)S(=O)(=O)c1ccccc1. The largest absolute Gasteiger partial charge is 0.486 e. The predicted octanol–water partition coefficient (Wildman–Crippen LogP) is 4.35. The van der Waals surface area contributed by atoms with Gasteiger partial charge in [0.25, 0.3) is 10.0 Å². The van der Waals surface area contributed by atoms with Gasteiger partial charge in [0, 0.05) is 26.1 Å². The smallest absolute Gasteiger partial charge is 0.264 e. The van der Waals surface area contributed by atoms with E-state index in [2.05, 4.69) is 5.32 Å². The molecule has 5 rings (SSSR count). The van der Waals surface area contributed by atoms with Gasteiger partial charge in [0.2, 0.25) is 11.8 Å². The lowest BCUT2D eigenvalue weighted by Crippen LogP contribution is -2.53. The summed E-state index contributed by atoms with van der Waals surface area (Å²) < 4.78 is 40.7. The number of carbonyl (C=O) groups is 2. The molecule has 1 atom stereocenters. The summed E-state index contributed by atoms with van der Waals surface area (Å²) in [6.45, 7) is 2.19. The first-order chi connectivity index (χ1) is 21.3. The van der Waals surface area contributed by atoms with Crippen molar-refractivity contribution in [1.82, 2.24) is 10.2 Å². The van der Waals surface area contributed by atoms with Gasteiger partial charge in [-0.15, -0.1) is 0 Å². The molecule has 44 heavy (non-hydrogen) atoms. The van der Waals surface area contributed by atoms with Crippen LogP contribution >= 0.6 is 0 Å². The highest BCUT2D eigenvalue weighted by Crippen LogP contribution is 2.36. The number of likely N-dealkylation sites (N-methyl/N-ethyl adjacent to an activating group) is 1. The first-order valence-electron chi connectivity index (χ1n) is 14.3. The Bertz CT molecular complexity index is 1710. The molecule has 1 N–H and O–H groups in total. The Labute approximate surface area is 258 Å². The number of amides is 2. The molecular weight excluding hydrogens is 578 g/mol. The topological polar surface area (TPSA) is 105 Å². The average Bonchev–Trinajstić information content (AvgIpc) is 3.06. The van der Waals surface area contributed by atoms with Crippen LogP contribution in [0.5, 0.6) is 11.5 Å². The molecule has 4 aromatic carbocycles. The van der Waals surface area contributed by atoms with Crippen molar-refractivity contribution < 1.29 is 27.5 Å². The van der Waals surface area contributed by atoms with E-state index < -0.39 is 28.5 Å². The van der Waals surface area contributed by atoms with Crippen LogP contribution in [0.4, 0.5) is 5.69 Å². The third-order valence-electron chi connectivity index (χ3n) is 7.54. The Morgan fingerprint density at radius 3 is 2.16 bits per heavy atom. The number of hydrogen-bond donors (Lipinski definition) is 1. The van der Waals surface area contributed by atoms with Gasteiger partial charge in [0.05, 0.1) is 10.6 Å². The van der Waals surface area contributed by atoms with Crippen LogP contribution in [0, 0.1) is 6.92 Å². The van der Waals surface area contributed by atoms with Crippen molar-refractivity contribution in [2.24, 2.45) is 0 Å². The number of benzene rings is 4. The highest BCUT2D eigenvalue weighted by Gasteiger charge is 2.35. The van der Waals surface area contributed by atoms with Crippen molar-refractivity contribution >= 4 is 27.5 Å². The summed E-state index contributed by atoms with van der Waals surface area (Å²) in [4.78, 5) is 29.3. The Balaban J connectivity index is 1.58. The van der Waals surface area contributed by atoms with Crippen molar-refractivity contribution in [3.63, 3.8) is 0 Å². The number of aryl methyl sites for hydroxylation is 1. The van der Waals surface area contributed by atoms with Crippen LogP contribution in [0.1, 0.15) is 16.7 Å². The molecule has 0 spiro atoms. The van der Waals surface area contributed by atoms with Gasteiger partial charge < -0.3 is 19.7 Å². The van der Waals surface area contributed by atoms with Crippen molar-refractivity contribution in [3.8, 4) is 11.5 Å². The van der Waals surface area contributed by atoms with E-state index in [1.165, 1.54) is 24.1 Å². The second-order valence-electron chi connectivity index (χ2n) is 10.4. The fourth-order valence-corrected chi connectivity index (χ4v) is 6.55. The van der Waals surface area contributed by atoms with E-state index in [4.69, 9.17) is 9.47 Å². The predicted molar refractivity (Wildman–Crippen MR) is 168 cm³/mol. The average molecular weight is 614 g/mol. The van der Waals surface area contributed by atoms with Gasteiger partial charge in [-0.1, -0.05) is 72.8 Å². The molecule has 1 aliphatic heterocycles. The lowest BCUT2D eigenvalue weighted by atomic mass is 10.0. The second kappa shape index (κ2) is 13.6. The van der Waals surface area contributed by atoms with E-state index in [9.17, 15) is 18.0 Å². The molecule has 0 radical (unpaired) electrons.